The smallest absolute Gasteiger partial charge is 0.270 e. The summed E-state index contributed by atoms with van der Waals surface area (Å²) in [7, 11) is 0. The van der Waals surface area contributed by atoms with E-state index in [-0.39, 0.29) is 18.4 Å². The van der Waals surface area contributed by atoms with Gasteiger partial charge < -0.3 is 15.0 Å². The van der Waals surface area contributed by atoms with Crippen LogP contribution in [0.1, 0.15) is 43.2 Å². The predicted octanol–water partition coefficient (Wildman–Crippen LogP) is 4.25. The first-order chi connectivity index (χ1) is 13.7. The monoisotopic (exact) mass is 437 g/mol. The first-order valence-electron chi connectivity index (χ1n) is 9.63. The van der Waals surface area contributed by atoms with Gasteiger partial charge in [0.2, 0.25) is 0 Å². The number of ether oxygens (including phenoxy) is 1. The van der Waals surface area contributed by atoms with Crippen molar-refractivity contribution < 1.29 is 14.3 Å². The number of aromatic nitrogens is 1. The van der Waals surface area contributed by atoms with E-state index in [0.29, 0.717) is 47.9 Å². The summed E-state index contributed by atoms with van der Waals surface area (Å²) >= 11 is 7.25. The zero-order valence-electron chi connectivity index (χ0n) is 17.3. The van der Waals surface area contributed by atoms with Crippen molar-refractivity contribution in [2.75, 3.05) is 19.7 Å². The van der Waals surface area contributed by atoms with Gasteiger partial charge in [-0.2, -0.15) is 0 Å². The van der Waals surface area contributed by atoms with Crippen LogP contribution in [0.15, 0.2) is 29.6 Å². The van der Waals surface area contributed by atoms with Crippen molar-refractivity contribution in [3.8, 4) is 5.75 Å². The fourth-order valence-corrected chi connectivity index (χ4v) is 3.42. The minimum atomic E-state index is -0.186. The van der Waals surface area contributed by atoms with E-state index in [1.165, 1.54) is 11.3 Å². The Morgan fingerprint density at radius 3 is 2.48 bits per heavy atom. The van der Waals surface area contributed by atoms with Gasteiger partial charge in [0, 0.05) is 23.5 Å². The summed E-state index contributed by atoms with van der Waals surface area (Å²) in [5.41, 5.74) is 0.389. The molecule has 0 aliphatic rings. The molecule has 0 atom stereocenters. The molecule has 29 heavy (non-hydrogen) atoms. The SMILES string of the molecule is CC(C)CNC(=O)c1csc(CN(CC(C)C)C(=O)COc2ccc(Cl)cc2)n1. The second-order valence-corrected chi connectivity index (χ2v) is 9.02. The number of nitrogens with one attached hydrogen (secondary N) is 1. The van der Waals surface area contributed by atoms with Crippen LogP contribution in [-0.4, -0.2) is 41.4 Å². The molecular weight excluding hydrogens is 410 g/mol. The number of thiazole rings is 1. The number of carbonyl (C=O) groups excluding carboxylic acids is 2. The predicted molar refractivity (Wildman–Crippen MR) is 116 cm³/mol. The summed E-state index contributed by atoms with van der Waals surface area (Å²) in [6.07, 6.45) is 0. The highest BCUT2D eigenvalue weighted by Gasteiger charge is 2.19. The summed E-state index contributed by atoms with van der Waals surface area (Å²) in [4.78, 5) is 31.0. The molecule has 1 aromatic heterocycles. The highest BCUT2D eigenvalue weighted by molar-refractivity contribution is 7.09. The van der Waals surface area contributed by atoms with E-state index >= 15 is 0 Å². The standard InChI is InChI=1S/C21H28ClN3O3S/c1-14(2)9-23-21(27)18-13-29-19(24-18)11-25(10-15(3)4)20(26)12-28-17-7-5-16(22)6-8-17/h5-8,13-15H,9-12H2,1-4H3,(H,23,27). The molecule has 0 saturated carbocycles. The molecule has 0 saturated heterocycles. The van der Waals surface area contributed by atoms with Crippen molar-refractivity contribution in [2.24, 2.45) is 11.8 Å². The number of rotatable bonds is 10. The van der Waals surface area contributed by atoms with Crippen molar-refractivity contribution >= 4 is 34.8 Å². The maximum Gasteiger partial charge on any atom is 0.270 e. The second-order valence-electron chi connectivity index (χ2n) is 7.64. The third-order valence-corrected chi connectivity index (χ3v) is 4.98. The average molecular weight is 438 g/mol. The Morgan fingerprint density at radius 2 is 1.86 bits per heavy atom. The van der Waals surface area contributed by atoms with Crippen LogP contribution in [-0.2, 0) is 11.3 Å². The van der Waals surface area contributed by atoms with Crippen LogP contribution in [0.2, 0.25) is 5.02 Å². The van der Waals surface area contributed by atoms with E-state index in [2.05, 4.69) is 10.3 Å². The summed E-state index contributed by atoms with van der Waals surface area (Å²) in [5.74, 6) is 0.939. The maximum atomic E-state index is 12.7. The molecule has 8 heteroatoms. The van der Waals surface area contributed by atoms with Crippen LogP contribution < -0.4 is 10.1 Å². The molecule has 158 valence electrons. The van der Waals surface area contributed by atoms with Crippen LogP contribution in [0.25, 0.3) is 0 Å². The normalized spacial score (nSPS) is 11.0. The molecule has 0 unspecified atom stereocenters. The number of amides is 2. The van der Waals surface area contributed by atoms with Gasteiger partial charge >= 0.3 is 0 Å². The maximum absolute atomic E-state index is 12.7. The van der Waals surface area contributed by atoms with Gasteiger partial charge in [-0.25, -0.2) is 4.98 Å². The molecule has 0 fully saturated rings. The Morgan fingerprint density at radius 1 is 1.17 bits per heavy atom. The molecule has 2 rings (SSSR count). The highest BCUT2D eigenvalue weighted by Crippen LogP contribution is 2.17. The quantitative estimate of drug-likeness (QED) is 0.603. The van der Waals surface area contributed by atoms with Crippen LogP contribution in [0.5, 0.6) is 5.75 Å². The second kappa shape index (κ2) is 11.2. The number of halogens is 1. The zero-order chi connectivity index (χ0) is 21.4. The van der Waals surface area contributed by atoms with Crippen molar-refractivity contribution in [2.45, 2.75) is 34.2 Å². The molecule has 6 nitrogen and oxygen atoms in total. The van der Waals surface area contributed by atoms with Gasteiger partial charge in [-0.05, 0) is 36.1 Å². The van der Waals surface area contributed by atoms with Gasteiger partial charge in [0.25, 0.3) is 11.8 Å². The van der Waals surface area contributed by atoms with Crippen molar-refractivity contribution in [3.05, 3.63) is 45.4 Å². The molecule has 2 aromatic rings. The van der Waals surface area contributed by atoms with Crippen LogP contribution in [0.4, 0.5) is 0 Å². The molecule has 0 aliphatic carbocycles. The Bertz CT molecular complexity index is 806. The fraction of sp³-hybridized carbons (Fsp3) is 0.476. The lowest BCUT2D eigenvalue weighted by Crippen LogP contribution is -2.37. The van der Waals surface area contributed by atoms with Gasteiger partial charge in [0.1, 0.15) is 16.5 Å². The van der Waals surface area contributed by atoms with Crippen LogP contribution in [0, 0.1) is 11.8 Å². The van der Waals surface area contributed by atoms with Crippen molar-refractivity contribution in [3.63, 3.8) is 0 Å². The van der Waals surface area contributed by atoms with Crippen molar-refractivity contribution in [1.82, 2.24) is 15.2 Å². The molecule has 1 heterocycles. The number of hydrogen-bond acceptors (Lipinski definition) is 5. The Hall–Kier alpha value is -2.12. The topological polar surface area (TPSA) is 71.5 Å². The number of benzene rings is 1. The number of hydrogen-bond donors (Lipinski definition) is 1. The van der Waals surface area contributed by atoms with Crippen molar-refractivity contribution in [1.29, 1.82) is 0 Å². The number of nitrogens with zero attached hydrogens (tertiary/aromatic N) is 2. The third kappa shape index (κ3) is 8.03. The Kier molecular flexibility index (Phi) is 8.92. The lowest BCUT2D eigenvalue weighted by atomic mass is 10.2. The van der Waals surface area contributed by atoms with Gasteiger partial charge in [0.15, 0.2) is 6.61 Å². The highest BCUT2D eigenvalue weighted by atomic mass is 35.5. The molecule has 1 N–H and O–H groups in total. The number of carbonyl (C=O) groups is 2. The van der Waals surface area contributed by atoms with E-state index in [4.69, 9.17) is 16.3 Å². The fourth-order valence-electron chi connectivity index (χ4n) is 2.50. The summed E-state index contributed by atoms with van der Waals surface area (Å²) < 4.78 is 5.59. The summed E-state index contributed by atoms with van der Waals surface area (Å²) in [6.45, 7) is 9.63. The van der Waals surface area contributed by atoms with Gasteiger partial charge in [-0.1, -0.05) is 39.3 Å². The lowest BCUT2D eigenvalue weighted by molar-refractivity contribution is -0.134. The van der Waals surface area contributed by atoms with E-state index in [1.807, 2.05) is 27.7 Å². The third-order valence-electron chi connectivity index (χ3n) is 3.90. The van der Waals surface area contributed by atoms with Crippen LogP contribution in [0.3, 0.4) is 0 Å². The molecular formula is C21H28ClN3O3S. The lowest BCUT2D eigenvalue weighted by Gasteiger charge is -2.23. The zero-order valence-corrected chi connectivity index (χ0v) is 18.8. The van der Waals surface area contributed by atoms with E-state index in [9.17, 15) is 9.59 Å². The molecule has 0 bridgehead atoms. The van der Waals surface area contributed by atoms with E-state index < -0.39 is 0 Å². The van der Waals surface area contributed by atoms with Gasteiger partial charge in [0.05, 0.1) is 6.54 Å². The molecule has 1 aromatic carbocycles. The minimum Gasteiger partial charge on any atom is -0.484 e. The molecule has 2 amide bonds. The molecule has 0 aliphatic heterocycles. The van der Waals surface area contributed by atoms with E-state index in [0.717, 1.165) is 5.01 Å². The van der Waals surface area contributed by atoms with Gasteiger partial charge in [-0.15, -0.1) is 11.3 Å². The minimum absolute atomic E-state index is 0.0680. The van der Waals surface area contributed by atoms with E-state index in [1.54, 1.807) is 34.5 Å². The molecule has 0 radical (unpaired) electrons. The molecule has 0 spiro atoms. The summed E-state index contributed by atoms with van der Waals surface area (Å²) in [5, 5.41) is 5.92. The average Bonchev–Trinajstić information content (AvgIpc) is 3.13. The Balaban J connectivity index is 1.98. The Labute approximate surface area is 181 Å². The summed E-state index contributed by atoms with van der Waals surface area (Å²) in [6, 6.07) is 6.89. The van der Waals surface area contributed by atoms with Gasteiger partial charge in [-0.3, -0.25) is 9.59 Å². The first-order valence-corrected chi connectivity index (χ1v) is 10.9. The largest absolute Gasteiger partial charge is 0.484 e. The first kappa shape index (κ1) is 23.2. The van der Waals surface area contributed by atoms with Crippen LogP contribution >= 0.6 is 22.9 Å².